The van der Waals surface area contributed by atoms with Gasteiger partial charge in [-0.1, -0.05) is 34.1 Å². The Balaban J connectivity index is 1.49. The van der Waals surface area contributed by atoms with Crippen LogP contribution in [0.25, 0.3) is 0 Å². The van der Waals surface area contributed by atoms with Crippen molar-refractivity contribution in [2.45, 2.75) is 38.3 Å². The minimum atomic E-state index is 0.640. The zero-order valence-corrected chi connectivity index (χ0v) is 13.3. The van der Waals surface area contributed by atoms with E-state index in [4.69, 9.17) is 0 Å². The Morgan fingerprint density at radius 2 is 2.16 bits per heavy atom. The fourth-order valence-electron chi connectivity index (χ4n) is 2.56. The molecule has 1 aromatic heterocycles. The molecule has 0 aliphatic heterocycles. The zero-order valence-electron chi connectivity index (χ0n) is 10.9. The molecule has 0 saturated heterocycles. The molecule has 0 unspecified atom stereocenters. The quantitative estimate of drug-likeness (QED) is 0.902. The lowest BCUT2D eigenvalue weighted by molar-refractivity contribution is 0.289. The molecule has 0 atom stereocenters. The minimum Gasteiger partial charge on any atom is -0.308 e. The van der Waals surface area contributed by atoms with Crippen molar-refractivity contribution in [3.05, 3.63) is 50.4 Å². The molecule has 3 rings (SSSR count). The first-order chi connectivity index (χ1) is 9.22. The number of benzene rings is 1. The number of halogens is 1. The van der Waals surface area contributed by atoms with Gasteiger partial charge in [-0.05, 0) is 37.3 Å². The molecule has 2 nitrogen and oxygen atoms in total. The third kappa shape index (κ3) is 3.07. The molecular formula is C15H17BrN2S. The lowest BCUT2D eigenvalue weighted by atomic mass is 9.76. The van der Waals surface area contributed by atoms with Gasteiger partial charge in [0.2, 0.25) is 0 Å². The molecule has 2 aromatic rings. The summed E-state index contributed by atoms with van der Waals surface area (Å²) >= 11 is 5.39. The predicted octanol–water partition coefficient (Wildman–Crippen LogP) is 4.25. The van der Waals surface area contributed by atoms with Crippen LogP contribution in [0.5, 0.6) is 0 Å². The van der Waals surface area contributed by atoms with Gasteiger partial charge in [-0.15, -0.1) is 11.3 Å². The molecule has 0 spiro atoms. The van der Waals surface area contributed by atoms with Crippen molar-refractivity contribution < 1.29 is 0 Å². The third-order valence-corrected chi connectivity index (χ3v) is 5.38. The van der Waals surface area contributed by atoms with Crippen LogP contribution in [-0.4, -0.2) is 11.0 Å². The lowest BCUT2D eigenvalue weighted by Gasteiger charge is -2.36. The van der Waals surface area contributed by atoms with E-state index >= 15 is 0 Å². The van der Waals surface area contributed by atoms with Crippen LogP contribution in [0.3, 0.4) is 0 Å². The maximum Gasteiger partial charge on any atom is 0.107 e. The second kappa shape index (κ2) is 5.73. The Morgan fingerprint density at radius 1 is 1.37 bits per heavy atom. The zero-order chi connectivity index (χ0) is 13.2. The molecule has 0 bridgehead atoms. The average Bonchev–Trinajstić information content (AvgIpc) is 2.75. The van der Waals surface area contributed by atoms with Gasteiger partial charge in [-0.25, -0.2) is 4.98 Å². The Kier molecular flexibility index (Phi) is 4.01. The minimum absolute atomic E-state index is 0.640. The van der Waals surface area contributed by atoms with E-state index < -0.39 is 0 Å². The van der Waals surface area contributed by atoms with Gasteiger partial charge < -0.3 is 5.32 Å². The largest absolute Gasteiger partial charge is 0.308 e. The fraction of sp³-hybridized carbons (Fsp3) is 0.400. The van der Waals surface area contributed by atoms with Crippen LogP contribution in [0.4, 0.5) is 0 Å². The molecule has 1 N–H and O–H groups in total. The summed E-state index contributed by atoms with van der Waals surface area (Å²) in [4.78, 5) is 4.48. The van der Waals surface area contributed by atoms with Crippen LogP contribution in [0.15, 0.2) is 34.1 Å². The van der Waals surface area contributed by atoms with Crippen molar-refractivity contribution >= 4 is 27.3 Å². The van der Waals surface area contributed by atoms with Gasteiger partial charge in [-0.2, -0.15) is 0 Å². The van der Waals surface area contributed by atoms with Crippen molar-refractivity contribution in [3.63, 3.8) is 0 Å². The SMILES string of the molecule is Cc1csc(CNC2CC(c3ccccc3Br)C2)n1. The number of rotatable bonds is 4. The Bertz CT molecular complexity index is 561. The molecule has 1 aliphatic rings. The van der Waals surface area contributed by atoms with Gasteiger partial charge in [0.05, 0.1) is 0 Å². The summed E-state index contributed by atoms with van der Waals surface area (Å²) in [6.45, 7) is 2.96. The Labute approximate surface area is 126 Å². The van der Waals surface area contributed by atoms with E-state index in [0.717, 1.165) is 12.2 Å². The van der Waals surface area contributed by atoms with E-state index in [1.807, 2.05) is 6.92 Å². The van der Waals surface area contributed by atoms with Gasteiger partial charge in [0, 0.05) is 28.1 Å². The van der Waals surface area contributed by atoms with Gasteiger partial charge in [0.25, 0.3) is 0 Å². The van der Waals surface area contributed by atoms with E-state index in [-0.39, 0.29) is 0 Å². The molecule has 19 heavy (non-hydrogen) atoms. The molecule has 4 heteroatoms. The van der Waals surface area contributed by atoms with Crippen LogP contribution in [-0.2, 0) is 6.54 Å². The highest BCUT2D eigenvalue weighted by Gasteiger charge is 2.30. The van der Waals surface area contributed by atoms with Gasteiger partial charge in [-0.3, -0.25) is 0 Å². The number of nitrogens with zero attached hydrogens (tertiary/aromatic N) is 1. The summed E-state index contributed by atoms with van der Waals surface area (Å²) < 4.78 is 1.24. The molecule has 1 aliphatic carbocycles. The van der Waals surface area contributed by atoms with E-state index in [0.29, 0.717) is 12.0 Å². The van der Waals surface area contributed by atoms with Crippen LogP contribution >= 0.6 is 27.3 Å². The molecule has 100 valence electrons. The van der Waals surface area contributed by atoms with E-state index in [2.05, 4.69) is 55.9 Å². The van der Waals surface area contributed by atoms with Crippen molar-refractivity contribution in [2.75, 3.05) is 0 Å². The molecule has 0 amide bonds. The number of hydrogen-bond acceptors (Lipinski definition) is 3. The summed E-state index contributed by atoms with van der Waals surface area (Å²) in [5.74, 6) is 0.700. The monoisotopic (exact) mass is 336 g/mol. The summed E-state index contributed by atoms with van der Waals surface area (Å²) in [5.41, 5.74) is 2.58. The van der Waals surface area contributed by atoms with Crippen LogP contribution < -0.4 is 5.32 Å². The molecule has 1 aromatic carbocycles. The first-order valence-corrected chi connectivity index (χ1v) is 8.28. The number of thiazole rings is 1. The van der Waals surface area contributed by atoms with Crippen molar-refractivity contribution in [2.24, 2.45) is 0 Å². The molecular weight excluding hydrogens is 320 g/mol. The highest BCUT2D eigenvalue weighted by atomic mass is 79.9. The summed E-state index contributed by atoms with van der Waals surface area (Å²) in [7, 11) is 0. The van der Waals surface area contributed by atoms with Crippen LogP contribution in [0.2, 0.25) is 0 Å². The summed E-state index contributed by atoms with van der Waals surface area (Å²) in [5, 5.41) is 6.91. The fourth-order valence-corrected chi connectivity index (χ4v) is 3.89. The standard InChI is InChI=1S/C15H17BrN2S/c1-10-9-19-15(18-10)8-17-12-6-11(7-12)13-4-2-3-5-14(13)16/h2-5,9,11-12,17H,6-8H2,1H3. The van der Waals surface area contributed by atoms with Crippen LogP contribution in [0, 0.1) is 6.92 Å². The number of aryl methyl sites for hydroxylation is 1. The number of nitrogens with one attached hydrogen (secondary N) is 1. The van der Waals surface area contributed by atoms with E-state index in [1.165, 1.54) is 27.9 Å². The second-order valence-corrected chi connectivity index (χ2v) is 6.95. The molecule has 0 radical (unpaired) electrons. The van der Waals surface area contributed by atoms with Crippen molar-refractivity contribution in [3.8, 4) is 0 Å². The lowest BCUT2D eigenvalue weighted by Crippen LogP contribution is -2.39. The molecule has 1 saturated carbocycles. The average molecular weight is 337 g/mol. The normalized spacial score (nSPS) is 22.2. The van der Waals surface area contributed by atoms with E-state index in [1.54, 1.807) is 11.3 Å². The number of hydrogen-bond donors (Lipinski definition) is 1. The number of aromatic nitrogens is 1. The summed E-state index contributed by atoms with van der Waals surface area (Å²) in [6.07, 6.45) is 2.46. The highest BCUT2D eigenvalue weighted by Crippen LogP contribution is 2.40. The van der Waals surface area contributed by atoms with Gasteiger partial charge >= 0.3 is 0 Å². The topological polar surface area (TPSA) is 24.9 Å². The third-order valence-electron chi connectivity index (χ3n) is 3.69. The highest BCUT2D eigenvalue weighted by molar-refractivity contribution is 9.10. The molecule has 1 heterocycles. The predicted molar refractivity (Wildman–Crippen MR) is 83.6 cm³/mol. The van der Waals surface area contributed by atoms with Gasteiger partial charge in [0.1, 0.15) is 5.01 Å². The van der Waals surface area contributed by atoms with Crippen LogP contribution in [0.1, 0.15) is 35.0 Å². The Hall–Kier alpha value is -0.710. The first kappa shape index (κ1) is 13.3. The maximum atomic E-state index is 4.48. The Morgan fingerprint density at radius 3 is 2.84 bits per heavy atom. The smallest absolute Gasteiger partial charge is 0.107 e. The maximum absolute atomic E-state index is 4.48. The summed E-state index contributed by atoms with van der Waals surface area (Å²) in [6, 6.07) is 9.21. The second-order valence-electron chi connectivity index (χ2n) is 5.15. The van der Waals surface area contributed by atoms with Crippen molar-refractivity contribution in [1.82, 2.24) is 10.3 Å². The first-order valence-electron chi connectivity index (χ1n) is 6.61. The van der Waals surface area contributed by atoms with Gasteiger partial charge in [0.15, 0.2) is 0 Å². The van der Waals surface area contributed by atoms with Crippen molar-refractivity contribution in [1.29, 1.82) is 0 Å². The van der Waals surface area contributed by atoms with E-state index in [9.17, 15) is 0 Å². The molecule has 1 fully saturated rings.